The number of ether oxygens (including phenoxy) is 2. The lowest BCUT2D eigenvalue weighted by Crippen LogP contribution is -2.39. The van der Waals surface area contributed by atoms with Crippen LogP contribution < -0.4 is 9.47 Å². The number of nitrogens with zero attached hydrogens (tertiary/aromatic N) is 1. The Balaban J connectivity index is 1.40. The van der Waals surface area contributed by atoms with Gasteiger partial charge < -0.3 is 9.47 Å². The Morgan fingerprint density at radius 3 is 2.12 bits per heavy atom. The average Bonchev–Trinajstić information content (AvgIpc) is 2.85. The molecule has 168 valence electrons. The molecule has 0 atom stereocenters. The molecule has 0 amide bonds. The van der Waals surface area contributed by atoms with Crippen LogP contribution in [0.15, 0.2) is 77.7 Å². The fourth-order valence-corrected chi connectivity index (χ4v) is 5.92. The molecule has 3 aromatic rings. The van der Waals surface area contributed by atoms with Crippen LogP contribution in [-0.4, -0.2) is 40.0 Å². The molecule has 32 heavy (non-hydrogen) atoms. The lowest BCUT2D eigenvalue weighted by atomic mass is 9.90. The normalized spacial score (nSPS) is 15.4. The molecule has 0 bridgehead atoms. The van der Waals surface area contributed by atoms with Gasteiger partial charge >= 0.3 is 0 Å². The molecule has 0 aromatic heterocycles. The van der Waals surface area contributed by atoms with Crippen molar-refractivity contribution < 1.29 is 17.9 Å². The van der Waals surface area contributed by atoms with Crippen LogP contribution in [0.5, 0.6) is 11.5 Å². The van der Waals surface area contributed by atoms with Crippen molar-refractivity contribution in [3.05, 3.63) is 78.4 Å². The van der Waals surface area contributed by atoms with E-state index in [0.717, 1.165) is 19.3 Å². The standard InChI is InChI=1S/C26H29NO4S/c1-30-24-12-13-25(31-2)26(19-24)32(28,29)27-16-14-21(15-17-27)18-20-8-10-23(11-9-20)22-6-4-3-5-7-22/h3-13,19,21H,14-18H2,1-2H3. The summed E-state index contributed by atoms with van der Waals surface area (Å²) < 4.78 is 38.6. The maximum absolute atomic E-state index is 13.3. The second kappa shape index (κ2) is 9.76. The van der Waals surface area contributed by atoms with Crippen LogP contribution in [0.2, 0.25) is 0 Å². The van der Waals surface area contributed by atoms with Crippen LogP contribution in [0.25, 0.3) is 11.1 Å². The van der Waals surface area contributed by atoms with Gasteiger partial charge in [-0.1, -0.05) is 54.6 Å². The molecular weight excluding hydrogens is 422 g/mol. The molecule has 0 N–H and O–H groups in total. The Bertz CT molecular complexity index is 1140. The van der Waals surface area contributed by atoms with Gasteiger partial charge in [0.2, 0.25) is 10.0 Å². The third-order valence-electron chi connectivity index (χ3n) is 6.15. The van der Waals surface area contributed by atoms with E-state index in [1.165, 1.54) is 37.0 Å². The van der Waals surface area contributed by atoms with Crippen LogP contribution in [-0.2, 0) is 16.4 Å². The highest BCUT2D eigenvalue weighted by Crippen LogP contribution is 2.33. The van der Waals surface area contributed by atoms with Crippen molar-refractivity contribution in [2.24, 2.45) is 5.92 Å². The molecule has 4 rings (SSSR count). The monoisotopic (exact) mass is 451 g/mol. The number of piperidine rings is 1. The van der Waals surface area contributed by atoms with E-state index in [-0.39, 0.29) is 4.90 Å². The summed E-state index contributed by atoms with van der Waals surface area (Å²) >= 11 is 0. The number of hydrogen-bond donors (Lipinski definition) is 0. The maximum atomic E-state index is 13.3. The molecule has 1 saturated heterocycles. The van der Waals surface area contributed by atoms with E-state index in [9.17, 15) is 8.42 Å². The minimum atomic E-state index is -3.64. The van der Waals surface area contributed by atoms with Crippen LogP contribution in [0.4, 0.5) is 0 Å². The number of sulfonamides is 1. The van der Waals surface area contributed by atoms with Gasteiger partial charge in [0.05, 0.1) is 14.2 Å². The van der Waals surface area contributed by atoms with E-state index in [1.54, 1.807) is 16.4 Å². The molecule has 0 spiro atoms. The summed E-state index contributed by atoms with van der Waals surface area (Å²) in [6, 6.07) is 23.9. The Morgan fingerprint density at radius 2 is 1.50 bits per heavy atom. The summed E-state index contributed by atoms with van der Waals surface area (Å²) in [5.74, 6) is 1.31. The van der Waals surface area contributed by atoms with Crippen LogP contribution in [0.1, 0.15) is 18.4 Å². The maximum Gasteiger partial charge on any atom is 0.246 e. The van der Waals surface area contributed by atoms with Gasteiger partial charge in [0.15, 0.2) is 0 Å². The van der Waals surface area contributed by atoms with Gasteiger partial charge in [-0.05, 0) is 54.0 Å². The predicted molar refractivity (Wildman–Crippen MR) is 127 cm³/mol. The van der Waals surface area contributed by atoms with Gasteiger partial charge in [-0.3, -0.25) is 0 Å². The molecule has 3 aromatic carbocycles. The molecule has 6 heteroatoms. The summed E-state index contributed by atoms with van der Waals surface area (Å²) in [5, 5.41) is 0. The van der Waals surface area contributed by atoms with Crippen LogP contribution >= 0.6 is 0 Å². The quantitative estimate of drug-likeness (QED) is 0.506. The van der Waals surface area contributed by atoms with E-state index in [0.29, 0.717) is 30.5 Å². The summed E-state index contributed by atoms with van der Waals surface area (Å²) in [6.07, 6.45) is 2.64. The van der Waals surface area contributed by atoms with E-state index in [2.05, 4.69) is 36.4 Å². The highest BCUT2D eigenvalue weighted by Gasteiger charge is 2.32. The lowest BCUT2D eigenvalue weighted by molar-refractivity contribution is 0.272. The van der Waals surface area contributed by atoms with Gasteiger partial charge in [0, 0.05) is 19.2 Å². The summed E-state index contributed by atoms with van der Waals surface area (Å²) in [4.78, 5) is 0.161. The third-order valence-corrected chi connectivity index (χ3v) is 8.07. The van der Waals surface area contributed by atoms with Crippen molar-refractivity contribution in [3.8, 4) is 22.6 Å². The van der Waals surface area contributed by atoms with Crippen LogP contribution in [0.3, 0.4) is 0 Å². The molecule has 0 aliphatic carbocycles. The molecule has 1 aliphatic rings. The van der Waals surface area contributed by atoms with Crippen molar-refractivity contribution in [3.63, 3.8) is 0 Å². The molecule has 0 unspecified atom stereocenters. The van der Waals surface area contributed by atoms with Crippen molar-refractivity contribution in [2.45, 2.75) is 24.2 Å². The minimum absolute atomic E-state index is 0.161. The van der Waals surface area contributed by atoms with Crippen molar-refractivity contribution in [1.82, 2.24) is 4.31 Å². The average molecular weight is 452 g/mol. The first-order valence-corrected chi connectivity index (χ1v) is 12.3. The fraction of sp³-hybridized carbons (Fsp3) is 0.308. The zero-order valence-electron chi connectivity index (χ0n) is 18.5. The topological polar surface area (TPSA) is 55.8 Å². The van der Waals surface area contributed by atoms with Crippen molar-refractivity contribution in [2.75, 3.05) is 27.3 Å². The van der Waals surface area contributed by atoms with Crippen LogP contribution in [0, 0.1) is 5.92 Å². The van der Waals surface area contributed by atoms with E-state index in [4.69, 9.17) is 9.47 Å². The summed E-state index contributed by atoms with van der Waals surface area (Å²) in [6.45, 7) is 1.02. The first-order valence-electron chi connectivity index (χ1n) is 10.9. The van der Waals surface area contributed by atoms with Gasteiger partial charge in [-0.25, -0.2) is 8.42 Å². The highest BCUT2D eigenvalue weighted by atomic mass is 32.2. The Morgan fingerprint density at radius 1 is 0.844 bits per heavy atom. The van der Waals surface area contributed by atoms with Gasteiger partial charge in [0.1, 0.15) is 16.4 Å². The number of hydrogen-bond acceptors (Lipinski definition) is 4. The number of benzene rings is 3. The number of rotatable bonds is 7. The predicted octanol–water partition coefficient (Wildman–Crippen LogP) is 5.01. The Kier molecular flexibility index (Phi) is 6.82. The van der Waals surface area contributed by atoms with E-state index >= 15 is 0 Å². The number of methoxy groups -OCH3 is 2. The smallest absolute Gasteiger partial charge is 0.246 e. The van der Waals surface area contributed by atoms with Crippen molar-refractivity contribution >= 4 is 10.0 Å². The summed E-state index contributed by atoms with van der Waals surface area (Å²) in [7, 11) is -0.635. The second-order valence-corrected chi connectivity index (χ2v) is 10.0. The lowest BCUT2D eigenvalue weighted by Gasteiger charge is -2.31. The minimum Gasteiger partial charge on any atom is -0.497 e. The zero-order chi connectivity index (χ0) is 22.6. The molecule has 1 fully saturated rings. The highest BCUT2D eigenvalue weighted by molar-refractivity contribution is 7.89. The molecule has 1 aliphatic heterocycles. The molecular formula is C26H29NO4S. The fourth-order valence-electron chi connectivity index (χ4n) is 4.28. The summed E-state index contributed by atoms with van der Waals surface area (Å²) in [5.41, 5.74) is 3.72. The Hall–Kier alpha value is -2.83. The molecule has 5 nitrogen and oxygen atoms in total. The SMILES string of the molecule is COc1ccc(OC)c(S(=O)(=O)N2CCC(Cc3ccc(-c4ccccc4)cc3)CC2)c1. The Labute approximate surface area is 190 Å². The van der Waals surface area contributed by atoms with Gasteiger partial charge in [0.25, 0.3) is 0 Å². The molecule has 1 heterocycles. The van der Waals surface area contributed by atoms with E-state index in [1.807, 2.05) is 18.2 Å². The molecule has 0 saturated carbocycles. The zero-order valence-corrected chi connectivity index (χ0v) is 19.3. The first kappa shape index (κ1) is 22.4. The third kappa shape index (κ3) is 4.81. The van der Waals surface area contributed by atoms with Crippen molar-refractivity contribution in [1.29, 1.82) is 0 Å². The van der Waals surface area contributed by atoms with Gasteiger partial charge in [-0.15, -0.1) is 0 Å². The van der Waals surface area contributed by atoms with E-state index < -0.39 is 10.0 Å². The first-order chi connectivity index (χ1) is 15.5. The van der Waals surface area contributed by atoms with Gasteiger partial charge in [-0.2, -0.15) is 4.31 Å². The second-order valence-electron chi connectivity index (χ2n) is 8.13. The molecule has 0 radical (unpaired) electrons. The largest absolute Gasteiger partial charge is 0.497 e.